The summed E-state index contributed by atoms with van der Waals surface area (Å²) in [7, 11) is 0. The van der Waals surface area contributed by atoms with Crippen LogP contribution in [-0.2, 0) is 6.54 Å². The molecular weight excluding hydrogens is 200 g/mol. The number of aromatic hydroxyl groups is 1. The van der Waals surface area contributed by atoms with Gasteiger partial charge >= 0.3 is 0 Å². The van der Waals surface area contributed by atoms with Crippen molar-refractivity contribution in [3.8, 4) is 5.75 Å². The van der Waals surface area contributed by atoms with E-state index in [1.54, 1.807) is 12.1 Å². The highest BCUT2D eigenvalue weighted by molar-refractivity contribution is 5.79. The maximum atomic E-state index is 9.49. The molecule has 1 aliphatic rings. The van der Waals surface area contributed by atoms with E-state index in [1.807, 2.05) is 16.9 Å². The number of hydrogen-bond acceptors (Lipinski definition) is 2. The molecule has 1 aliphatic carbocycles. The summed E-state index contributed by atoms with van der Waals surface area (Å²) in [5.41, 5.74) is 1.05. The van der Waals surface area contributed by atoms with Gasteiger partial charge in [0.05, 0.1) is 11.7 Å². The van der Waals surface area contributed by atoms with Crippen molar-refractivity contribution in [1.82, 2.24) is 9.78 Å². The van der Waals surface area contributed by atoms with Crippen molar-refractivity contribution >= 4 is 10.9 Å². The molecule has 3 heteroatoms. The lowest BCUT2D eigenvalue weighted by atomic mass is 10.1. The Morgan fingerprint density at radius 1 is 1.31 bits per heavy atom. The Hall–Kier alpha value is -1.51. The van der Waals surface area contributed by atoms with E-state index in [-0.39, 0.29) is 0 Å². The number of rotatable bonds is 2. The van der Waals surface area contributed by atoms with Gasteiger partial charge in [-0.2, -0.15) is 5.10 Å². The zero-order valence-corrected chi connectivity index (χ0v) is 9.26. The number of fused-ring (bicyclic) bond motifs is 1. The van der Waals surface area contributed by atoms with Gasteiger partial charge in [0.1, 0.15) is 5.75 Å². The maximum absolute atomic E-state index is 9.49. The Labute approximate surface area is 94.7 Å². The molecule has 0 unspecified atom stereocenters. The number of nitrogens with zero attached hydrogens (tertiary/aromatic N) is 2. The lowest BCUT2D eigenvalue weighted by Crippen LogP contribution is -2.08. The normalized spacial score (nSPS) is 17.2. The van der Waals surface area contributed by atoms with Gasteiger partial charge in [0.25, 0.3) is 0 Å². The third-order valence-electron chi connectivity index (χ3n) is 3.53. The Morgan fingerprint density at radius 3 is 2.94 bits per heavy atom. The van der Waals surface area contributed by atoms with Crippen molar-refractivity contribution in [3.05, 3.63) is 24.4 Å². The first-order valence-electron chi connectivity index (χ1n) is 5.97. The van der Waals surface area contributed by atoms with E-state index in [0.717, 1.165) is 23.4 Å². The Bertz CT molecular complexity index is 498. The molecule has 0 aliphatic heterocycles. The molecule has 1 aromatic heterocycles. The topological polar surface area (TPSA) is 38.1 Å². The van der Waals surface area contributed by atoms with Gasteiger partial charge in [-0.25, -0.2) is 0 Å². The largest absolute Gasteiger partial charge is 0.508 e. The molecule has 0 saturated heterocycles. The Balaban J connectivity index is 1.93. The Kier molecular flexibility index (Phi) is 2.31. The fourth-order valence-electron chi connectivity index (χ4n) is 2.64. The monoisotopic (exact) mass is 216 g/mol. The first kappa shape index (κ1) is 9.70. The number of benzene rings is 1. The molecule has 0 spiro atoms. The zero-order chi connectivity index (χ0) is 11.0. The molecule has 1 fully saturated rings. The van der Waals surface area contributed by atoms with Crippen LogP contribution in [0, 0.1) is 5.92 Å². The third-order valence-corrected chi connectivity index (χ3v) is 3.53. The van der Waals surface area contributed by atoms with Crippen molar-refractivity contribution in [3.63, 3.8) is 0 Å². The van der Waals surface area contributed by atoms with Crippen LogP contribution in [0.4, 0.5) is 0 Å². The summed E-state index contributed by atoms with van der Waals surface area (Å²) < 4.78 is 2.03. The standard InChI is InChI=1S/C13H16N2O/c16-12-6-5-11-8-14-15(13(11)7-12)9-10-3-1-2-4-10/h5-8,10,16H,1-4,9H2. The summed E-state index contributed by atoms with van der Waals surface area (Å²) in [5, 5.41) is 15.0. The highest BCUT2D eigenvalue weighted by atomic mass is 16.3. The summed E-state index contributed by atoms with van der Waals surface area (Å²) in [6.45, 7) is 0.993. The van der Waals surface area contributed by atoms with Crippen LogP contribution >= 0.6 is 0 Å². The van der Waals surface area contributed by atoms with Crippen LogP contribution in [0.25, 0.3) is 10.9 Å². The van der Waals surface area contributed by atoms with E-state index in [0.29, 0.717) is 5.75 Å². The van der Waals surface area contributed by atoms with Gasteiger partial charge in [0.2, 0.25) is 0 Å². The minimum Gasteiger partial charge on any atom is -0.508 e. The van der Waals surface area contributed by atoms with Crippen molar-refractivity contribution in [2.45, 2.75) is 32.2 Å². The van der Waals surface area contributed by atoms with Gasteiger partial charge in [-0.05, 0) is 30.9 Å². The van der Waals surface area contributed by atoms with Crippen LogP contribution in [-0.4, -0.2) is 14.9 Å². The molecule has 0 bridgehead atoms. The second-order valence-corrected chi connectivity index (χ2v) is 4.72. The molecule has 1 saturated carbocycles. The van der Waals surface area contributed by atoms with Crippen LogP contribution in [0.2, 0.25) is 0 Å². The van der Waals surface area contributed by atoms with Crippen LogP contribution in [0.15, 0.2) is 24.4 Å². The summed E-state index contributed by atoms with van der Waals surface area (Å²) in [4.78, 5) is 0. The third kappa shape index (κ3) is 1.66. The van der Waals surface area contributed by atoms with Gasteiger partial charge in [0.15, 0.2) is 0 Å². The first-order valence-corrected chi connectivity index (χ1v) is 5.97. The number of phenolic OH excluding ortho intramolecular Hbond substituents is 1. The van der Waals surface area contributed by atoms with Crippen molar-refractivity contribution in [1.29, 1.82) is 0 Å². The molecule has 0 atom stereocenters. The van der Waals surface area contributed by atoms with Crippen molar-refractivity contribution in [2.24, 2.45) is 5.92 Å². The molecule has 0 amide bonds. The number of aromatic nitrogens is 2. The van der Waals surface area contributed by atoms with Crippen LogP contribution in [0.3, 0.4) is 0 Å². The van der Waals surface area contributed by atoms with Gasteiger partial charge in [-0.15, -0.1) is 0 Å². The van der Waals surface area contributed by atoms with Crippen LogP contribution in [0.5, 0.6) is 5.75 Å². The van der Waals surface area contributed by atoms with Crippen LogP contribution < -0.4 is 0 Å². The van der Waals surface area contributed by atoms with E-state index in [1.165, 1.54) is 25.7 Å². The average Bonchev–Trinajstić information content (AvgIpc) is 2.90. The fraction of sp³-hybridized carbons (Fsp3) is 0.462. The van der Waals surface area contributed by atoms with E-state index in [2.05, 4.69) is 5.10 Å². The first-order chi connectivity index (χ1) is 7.83. The highest BCUT2D eigenvalue weighted by Gasteiger charge is 2.16. The smallest absolute Gasteiger partial charge is 0.117 e. The van der Waals surface area contributed by atoms with Gasteiger partial charge < -0.3 is 5.11 Å². The van der Waals surface area contributed by atoms with Gasteiger partial charge in [-0.3, -0.25) is 4.68 Å². The Morgan fingerprint density at radius 2 is 2.12 bits per heavy atom. The molecule has 1 aromatic carbocycles. The average molecular weight is 216 g/mol. The fourth-order valence-corrected chi connectivity index (χ4v) is 2.64. The molecule has 16 heavy (non-hydrogen) atoms. The summed E-state index contributed by atoms with van der Waals surface area (Å²) in [6.07, 6.45) is 7.23. The van der Waals surface area contributed by atoms with Crippen molar-refractivity contribution in [2.75, 3.05) is 0 Å². The van der Waals surface area contributed by atoms with E-state index >= 15 is 0 Å². The summed E-state index contributed by atoms with van der Waals surface area (Å²) >= 11 is 0. The van der Waals surface area contributed by atoms with E-state index in [4.69, 9.17) is 0 Å². The summed E-state index contributed by atoms with van der Waals surface area (Å²) in [5.74, 6) is 1.09. The summed E-state index contributed by atoms with van der Waals surface area (Å²) in [6, 6.07) is 5.43. The molecule has 3 nitrogen and oxygen atoms in total. The molecule has 84 valence electrons. The van der Waals surface area contributed by atoms with Gasteiger partial charge in [0, 0.05) is 18.0 Å². The van der Waals surface area contributed by atoms with Gasteiger partial charge in [-0.1, -0.05) is 12.8 Å². The lowest BCUT2D eigenvalue weighted by Gasteiger charge is -2.09. The second kappa shape index (κ2) is 3.81. The van der Waals surface area contributed by atoms with E-state index in [9.17, 15) is 5.11 Å². The second-order valence-electron chi connectivity index (χ2n) is 4.72. The van der Waals surface area contributed by atoms with E-state index < -0.39 is 0 Å². The minimum absolute atomic E-state index is 0.320. The quantitative estimate of drug-likeness (QED) is 0.838. The van der Waals surface area contributed by atoms with Crippen LogP contribution in [0.1, 0.15) is 25.7 Å². The lowest BCUT2D eigenvalue weighted by molar-refractivity contribution is 0.436. The molecule has 1 N–H and O–H groups in total. The SMILES string of the molecule is Oc1ccc2cnn(CC3CCCC3)c2c1. The highest BCUT2D eigenvalue weighted by Crippen LogP contribution is 2.28. The van der Waals surface area contributed by atoms with Crippen molar-refractivity contribution < 1.29 is 5.11 Å². The molecular formula is C13H16N2O. The zero-order valence-electron chi connectivity index (χ0n) is 9.26. The predicted octanol–water partition coefficient (Wildman–Crippen LogP) is 2.93. The number of hydrogen-bond donors (Lipinski definition) is 1. The number of phenols is 1. The molecule has 3 rings (SSSR count). The maximum Gasteiger partial charge on any atom is 0.117 e. The molecule has 2 aromatic rings. The molecule has 0 radical (unpaired) electrons. The minimum atomic E-state index is 0.320. The molecule has 1 heterocycles. The predicted molar refractivity (Wildman–Crippen MR) is 63.4 cm³/mol.